The van der Waals surface area contributed by atoms with E-state index in [4.69, 9.17) is 9.97 Å². The second-order valence-corrected chi connectivity index (χ2v) is 15.3. The Balaban J connectivity index is 0.871. The summed E-state index contributed by atoms with van der Waals surface area (Å²) >= 11 is 0. The van der Waals surface area contributed by atoms with Crippen molar-refractivity contribution in [3.8, 4) is 50.3 Å². The number of hydrogen-bond acceptors (Lipinski definition) is 2. The van der Waals surface area contributed by atoms with Gasteiger partial charge >= 0.3 is 0 Å². The molecule has 2 aromatic heterocycles. The van der Waals surface area contributed by atoms with Crippen LogP contribution < -0.4 is 0 Å². The minimum Gasteiger partial charge on any atom is -0.309 e. The van der Waals surface area contributed by atoms with Crippen LogP contribution in [0.4, 0.5) is 0 Å². The van der Waals surface area contributed by atoms with Crippen molar-refractivity contribution in [3.05, 3.63) is 212 Å². The number of aromatic nitrogens is 3. The molecule has 0 fully saturated rings. The zero-order valence-corrected chi connectivity index (χ0v) is 32.0. The Bertz CT molecular complexity index is 3510. The standard InChI is InChI=1S/C56H35N3/c1-2-15-45-43(38-28-30-41(31-29-38)59-53-22-9-7-18-48(53)49-19-8-10-23-54(49)59)33-32-42(44(45)14-1)37-26-24-36(25-27-37)39-12-11-13-40(34-39)52-35-57-55-50-20-5-3-16-46(50)47-17-4-6-21-51(47)56(55)58-52/h1-35H. The molecule has 0 spiro atoms. The molecule has 3 heteroatoms. The lowest BCUT2D eigenvalue weighted by Crippen LogP contribution is -1.93. The zero-order valence-electron chi connectivity index (χ0n) is 32.0. The Morgan fingerprint density at radius 3 is 1.36 bits per heavy atom. The van der Waals surface area contributed by atoms with E-state index in [-0.39, 0.29) is 0 Å². The molecule has 12 aromatic rings. The summed E-state index contributed by atoms with van der Waals surface area (Å²) in [4.78, 5) is 10.2. The van der Waals surface area contributed by atoms with Crippen molar-refractivity contribution in [3.63, 3.8) is 0 Å². The molecule has 274 valence electrons. The van der Waals surface area contributed by atoms with Crippen LogP contribution in [0.5, 0.6) is 0 Å². The lowest BCUT2D eigenvalue weighted by atomic mass is 9.91. The van der Waals surface area contributed by atoms with Gasteiger partial charge in [0.1, 0.15) is 0 Å². The highest BCUT2D eigenvalue weighted by Gasteiger charge is 2.15. The molecule has 0 unspecified atom stereocenters. The van der Waals surface area contributed by atoms with E-state index in [1.54, 1.807) is 0 Å². The molecule has 0 saturated heterocycles. The number of nitrogens with zero attached hydrogens (tertiary/aromatic N) is 3. The summed E-state index contributed by atoms with van der Waals surface area (Å²) in [5.74, 6) is 0. The average molecular weight is 750 g/mol. The quantitative estimate of drug-likeness (QED) is 0.164. The Hall–Kier alpha value is -7.88. The van der Waals surface area contributed by atoms with Gasteiger partial charge in [0.25, 0.3) is 0 Å². The monoisotopic (exact) mass is 749 g/mol. The van der Waals surface area contributed by atoms with E-state index in [9.17, 15) is 0 Å². The molecule has 0 amide bonds. The van der Waals surface area contributed by atoms with Crippen molar-refractivity contribution in [2.75, 3.05) is 0 Å². The van der Waals surface area contributed by atoms with E-state index >= 15 is 0 Å². The molecule has 0 radical (unpaired) electrons. The molecule has 0 saturated carbocycles. The summed E-state index contributed by atoms with van der Waals surface area (Å²) in [5, 5.41) is 9.67. The van der Waals surface area contributed by atoms with Gasteiger partial charge in [0.2, 0.25) is 0 Å². The van der Waals surface area contributed by atoms with Crippen molar-refractivity contribution in [2.24, 2.45) is 0 Å². The van der Waals surface area contributed by atoms with E-state index in [0.717, 1.165) is 49.9 Å². The van der Waals surface area contributed by atoms with Gasteiger partial charge in [0.05, 0.1) is 34.0 Å². The molecular formula is C56H35N3. The molecule has 0 bridgehead atoms. The lowest BCUT2D eigenvalue weighted by molar-refractivity contribution is 1.18. The Labute approximate surface area is 341 Å². The Morgan fingerprint density at radius 2 is 0.763 bits per heavy atom. The fourth-order valence-corrected chi connectivity index (χ4v) is 9.26. The average Bonchev–Trinajstić information content (AvgIpc) is 3.66. The van der Waals surface area contributed by atoms with Gasteiger partial charge in [-0.25, -0.2) is 4.98 Å². The fourth-order valence-electron chi connectivity index (χ4n) is 9.26. The summed E-state index contributed by atoms with van der Waals surface area (Å²) < 4.78 is 2.37. The van der Waals surface area contributed by atoms with Gasteiger partial charge in [-0.2, -0.15) is 0 Å². The van der Waals surface area contributed by atoms with Gasteiger partial charge in [-0.05, 0) is 85.3 Å². The predicted molar refractivity (Wildman–Crippen MR) is 248 cm³/mol. The Morgan fingerprint density at radius 1 is 0.305 bits per heavy atom. The summed E-state index contributed by atoms with van der Waals surface area (Å²) in [5.41, 5.74) is 14.5. The first-order valence-corrected chi connectivity index (χ1v) is 20.2. The van der Waals surface area contributed by atoms with E-state index in [0.29, 0.717) is 0 Å². The van der Waals surface area contributed by atoms with Crippen molar-refractivity contribution in [1.29, 1.82) is 0 Å². The molecule has 59 heavy (non-hydrogen) atoms. The third kappa shape index (κ3) is 5.36. The van der Waals surface area contributed by atoms with Crippen LogP contribution in [0.15, 0.2) is 212 Å². The van der Waals surface area contributed by atoms with E-state index in [2.05, 4.69) is 211 Å². The van der Waals surface area contributed by atoms with Gasteiger partial charge in [-0.15, -0.1) is 0 Å². The highest BCUT2D eigenvalue weighted by molar-refractivity contribution is 6.23. The second kappa shape index (κ2) is 13.4. The number of rotatable bonds is 5. The third-order valence-corrected chi connectivity index (χ3v) is 12.1. The molecule has 0 atom stereocenters. The SMILES string of the molecule is c1cc(-c2ccc(-c3ccc(-c4ccc(-n5c6ccccc6c6ccccc65)cc4)c4ccccc34)cc2)cc(-c2cnc3c4ccccc4c4ccccc4c3n2)c1. The van der Waals surface area contributed by atoms with Gasteiger partial charge in [0.15, 0.2) is 0 Å². The molecule has 12 rings (SSSR count). The molecule has 10 aromatic carbocycles. The van der Waals surface area contributed by atoms with Crippen LogP contribution in [0.1, 0.15) is 0 Å². The molecule has 3 nitrogen and oxygen atoms in total. The minimum atomic E-state index is 0.865. The number of fused-ring (bicyclic) bond motifs is 10. The summed E-state index contributed by atoms with van der Waals surface area (Å²) in [7, 11) is 0. The maximum atomic E-state index is 5.24. The first-order valence-electron chi connectivity index (χ1n) is 20.2. The highest BCUT2D eigenvalue weighted by Crippen LogP contribution is 2.39. The summed E-state index contributed by atoms with van der Waals surface area (Å²) in [6, 6.07) is 74.3. The number of para-hydroxylation sites is 2. The first-order chi connectivity index (χ1) is 29.3. The van der Waals surface area contributed by atoms with Crippen molar-refractivity contribution >= 4 is 65.2 Å². The molecule has 2 heterocycles. The smallest absolute Gasteiger partial charge is 0.0979 e. The third-order valence-electron chi connectivity index (χ3n) is 12.1. The normalized spacial score (nSPS) is 11.7. The molecule has 0 aliphatic rings. The molecule has 0 N–H and O–H groups in total. The summed E-state index contributed by atoms with van der Waals surface area (Å²) in [6.45, 7) is 0. The van der Waals surface area contributed by atoms with Crippen molar-refractivity contribution < 1.29 is 0 Å². The van der Waals surface area contributed by atoms with E-state index in [1.807, 2.05) is 6.20 Å². The van der Waals surface area contributed by atoms with Crippen molar-refractivity contribution in [1.82, 2.24) is 14.5 Å². The van der Waals surface area contributed by atoms with Gasteiger partial charge in [-0.1, -0.05) is 176 Å². The molecule has 0 aliphatic heterocycles. The lowest BCUT2D eigenvalue weighted by Gasteiger charge is -2.14. The fraction of sp³-hybridized carbons (Fsp3) is 0. The van der Waals surface area contributed by atoms with Crippen LogP contribution >= 0.6 is 0 Å². The predicted octanol–water partition coefficient (Wildman–Crippen LogP) is 14.9. The number of benzene rings is 10. The zero-order chi connectivity index (χ0) is 38.9. The van der Waals surface area contributed by atoms with Crippen LogP contribution in [0, 0.1) is 0 Å². The first kappa shape index (κ1) is 33.3. The second-order valence-electron chi connectivity index (χ2n) is 15.3. The van der Waals surface area contributed by atoms with E-state index in [1.165, 1.54) is 65.6 Å². The number of hydrogen-bond donors (Lipinski definition) is 0. The van der Waals surface area contributed by atoms with Crippen molar-refractivity contribution in [2.45, 2.75) is 0 Å². The maximum absolute atomic E-state index is 5.24. The van der Waals surface area contributed by atoms with Gasteiger partial charge < -0.3 is 4.57 Å². The maximum Gasteiger partial charge on any atom is 0.0979 e. The highest BCUT2D eigenvalue weighted by atomic mass is 15.0. The van der Waals surface area contributed by atoms with Crippen LogP contribution in [0.2, 0.25) is 0 Å². The largest absolute Gasteiger partial charge is 0.309 e. The van der Waals surface area contributed by atoms with Crippen LogP contribution in [0.3, 0.4) is 0 Å². The Kier molecular flexibility index (Phi) is 7.54. The van der Waals surface area contributed by atoms with E-state index < -0.39 is 0 Å². The van der Waals surface area contributed by atoms with Crippen LogP contribution in [-0.4, -0.2) is 14.5 Å². The van der Waals surface area contributed by atoms with Gasteiger partial charge in [0, 0.05) is 32.8 Å². The topological polar surface area (TPSA) is 30.7 Å². The van der Waals surface area contributed by atoms with Gasteiger partial charge in [-0.3, -0.25) is 4.98 Å². The molecule has 0 aliphatic carbocycles. The molecular weight excluding hydrogens is 715 g/mol. The van der Waals surface area contributed by atoms with Crippen LogP contribution in [0.25, 0.3) is 115 Å². The summed E-state index contributed by atoms with van der Waals surface area (Å²) in [6.07, 6.45) is 1.92. The van der Waals surface area contributed by atoms with Crippen LogP contribution in [-0.2, 0) is 0 Å². The minimum absolute atomic E-state index is 0.865.